The zero-order chi connectivity index (χ0) is 26.6. The average Bonchev–Trinajstić information content (AvgIpc) is 3.37. The Balaban J connectivity index is 1.38. The third-order valence-electron chi connectivity index (χ3n) is 6.93. The van der Waals surface area contributed by atoms with E-state index >= 15 is 0 Å². The lowest BCUT2D eigenvalue weighted by Crippen LogP contribution is -2.40. The highest BCUT2D eigenvalue weighted by Crippen LogP contribution is 2.34. The fourth-order valence-electron chi connectivity index (χ4n) is 4.93. The van der Waals surface area contributed by atoms with Crippen molar-refractivity contribution < 1.29 is 9.59 Å². The summed E-state index contributed by atoms with van der Waals surface area (Å²) in [6, 6.07) is 16.7. The molecular formula is C29H27N7O2. The SMILES string of the molecule is C=CC(=O)N1CCC[C@@H](n2nc(-c3ccc(CCC(=O)c4cccc(C#N)c4)cc3)c3c(N)ncnc32)C1. The normalized spacial score (nSPS) is 15.2. The Morgan fingerprint density at radius 2 is 2.00 bits per heavy atom. The van der Waals surface area contributed by atoms with Crippen molar-refractivity contribution in [1.29, 1.82) is 5.26 Å². The van der Waals surface area contributed by atoms with Gasteiger partial charge in [-0.15, -0.1) is 0 Å². The summed E-state index contributed by atoms with van der Waals surface area (Å²) in [5.74, 6) is 0.255. The number of fused-ring (bicyclic) bond motifs is 1. The Kier molecular flexibility index (Phi) is 6.96. The number of likely N-dealkylation sites (tertiary alicyclic amines) is 1. The molecule has 0 saturated carbocycles. The van der Waals surface area contributed by atoms with Gasteiger partial charge in [-0.3, -0.25) is 9.59 Å². The number of nitriles is 1. The van der Waals surface area contributed by atoms with E-state index in [9.17, 15) is 9.59 Å². The van der Waals surface area contributed by atoms with Gasteiger partial charge in [-0.25, -0.2) is 14.6 Å². The molecule has 4 aromatic rings. The van der Waals surface area contributed by atoms with Gasteiger partial charge in [0, 0.05) is 30.6 Å². The minimum atomic E-state index is -0.0904. The molecule has 0 unspecified atom stereocenters. The first-order chi connectivity index (χ1) is 18.5. The summed E-state index contributed by atoms with van der Waals surface area (Å²) in [5.41, 5.74) is 10.5. The summed E-state index contributed by atoms with van der Waals surface area (Å²) in [5, 5.41) is 14.7. The molecule has 0 aliphatic carbocycles. The van der Waals surface area contributed by atoms with Gasteiger partial charge in [0.1, 0.15) is 17.8 Å². The first-order valence-corrected chi connectivity index (χ1v) is 12.5. The van der Waals surface area contributed by atoms with Crippen molar-refractivity contribution in [3.05, 3.63) is 84.2 Å². The summed E-state index contributed by atoms with van der Waals surface area (Å²) in [7, 11) is 0. The number of hydrogen-bond donors (Lipinski definition) is 1. The fourth-order valence-corrected chi connectivity index (χ4v) is 4.93. The Morgan fingerprint density at radius 3 is 2.76 bits per heavy atom. The van der Waals surface area contributed by atoms with Crippen LogP contribution in [0.25, 0.3) is 22.3 Å². The molecule has 1 atom stereocenters. The third kappa shape index (κ3) is 4.89. The zero-order valence-electron chi connectivity index (χ0n) is 20.9. The second kappa shape index (κ2) is 10.6. The number of ketones is 1. The summed E-state index contributed by atoms with van der Waals surface area (Å²) in [6.07, 6.45) is 5.41. The molecule has 190 valence electrons. The van der Waals surface area contributed by atoms with E-state index in [1.54, 1.807) is 29.2 Å². The minimum absolute atomic E-state index is 0.00250. The number of carbonyl (C=O) groups is 2. The number of rotatable bonds is 7. The standard InChI is InChI=1S/C29H27N7O2/c1-2-25(38)35-14-4-7-23(17-35)36-29-26(28(31)32-18-33-29)27(34-36)21-11-8-19(9-12-21)10-13-24(37)22-6-3-5-20(15-22)16-30/h2-3,5-6,8-9,11-12,15,18,23H,1,4,7,10,13-14,17H2,(H2,31,32,33)/t23-/m1/s1. The van der Waals surface area contributed by atoms with Gasteiger partial charge in [0.25, 0.3) is 0 Å². The van der Waals surface area contributed by atoms with Crippen molar-refractivity contribution in [2.45, 2.75) is 31.7 Å². The molecule has 1 aliphatic heterocycles. The van der Waals surface area contributed by atoms with E-state index < -0.39 is 0 Å². The van der Waals surface area contributed by atoms with E-state index in [2.05, 4.69) is 22.6 Å². The molecule has 5 rings (SSSR count). The number of carbonyl (C=O) groups excluding carboxylic acids is 2. The van der Waals surface area contributed by atoms with Gasteiger partial charge in [0.05, 0.1) is 23.1 Å². The average molecular weight is 506 g/mol. The molecule has 9 nitrogen and oxygen atoms in total. The predicted molar refractivity (Wildman–Crippen MR) is 144 cm³/mol. The van der Waals surface area contributed by atoms with Crippen LogP contribution in [0, 0.1) is 11.3 Å². The molecule has 3 heterocycles. The van der Waals surface area contributed by atoms with Crippen LogP contribution in [0.2, 0.25) is 0 Å². The van der Waals surface area contributed by atoms with Crippen LogP contribution in [-0.4, -0.2) is 49.4 Å². The summed E-state index contributed by atoms with van der Waals surface area (Å²) < 4.78 is 1.87. The summed E-state index contributed by atoms with van der Waals surface area (Å²) in [4.78, 5) is 35.3. The highest BCUT2D eigenvalue weighted by atomic mass is 16.2. The number of hydrogen-bond acceptors (Lipinski definition) is 7. The van der Waals surface area contributed by atoms with Crippen LogP contribution in [0.5, 0.6) is 0 Å². The molecule has 1 amide bonds. The molecular weight excluding hydrogens is 478 g/mol. The third-order valence-corrected chi connectivity index (χ3v) is 6.93. The van der Waals surface area contributed by atoms with Gasteiger partial charge in [0.15, 0.2) is 11.4 Å². The largest absolute Gasteiger partial charge is 0.383 e. The first kappa shape index (κ1) is 24.8. The predicted octanol–water partition coefficient (Wildman–Crippen LogP) is 4.11. The van der Waals surface area contributed by atoms with Crippen molar-refractivity contribution in [1.82, 2.24) is 24.6 Å². The van der Waals surface area contributed by atoms with E-state index in [1.807, 2.05) is 28.9 Å². The molecule has 2 aromatic heterocycles. The van der Waals surface area contributed by atoms with E-state index in [-0.39, 0.29) is 17.7 Å². The first-order valence-electron chi connectivity index (χ1n) is 12.5. The topological polar surface area (TPSA) is 131 Å². The number of piperidine rings is 1. The van der Waals surface area contributed by atoms with Gasteiger partial charge in [-0.2, -0.15) is 10.4 Å². The molecule has 1 saturated heterocycles. The molecule has 38 heavy (non-hydrogen) atoms. The fraction of sp³-hybridized carbons (Fsp3) is 0.241. The van der Waals surface area contributed by atoms with Crippen LogP contribution in [-0.2, 0) is 11.2 Å². The van der Waals surface area contributed by atoms with Gasteiger partial charge < -0.3 is 10.6 Å². The van der Waals surface area contributed by atoms with Gasteiger partial charge in [0.2, 0.25) is 5.91 Å². The molecule has 9 heteroatoms. The summed E-state index contributed by atoms with van der Waals surface area (Å²) >= 11 is 0. The second-order valence-corrected chi connectivity index (χ2v) is 9.35. The Labute approximate surface area is 220 Å². The van der Waals surface area contributed by atoms with Crippen molar-refractivity contribution in [2.24, 2.45) is 0 Å². The molecule has 0 spiro atoms. The van der Waals surface area contributed by atoms with Crippen LogP contribution in [0.4, 0.5) is 5.82 Å². The van der Waals surface area contributed by atoms with Crippen LogP contribution in [0.15, 0.2) is 67.5 Å². The smallest absolute Gasteiger partial charge is 0.246 e. The molecule has 1 fully saturated rings. The van der Waals surface area contributed by atoms with Gasteiger partial charge >= 0.3 is 0 Å². The van der Waals surface area contributed by atoms with Crippen LogP contribution < -0.4 is 5.73 Å². The van der Waals surface area contributed by atoms with Gasteiger partial charge in [-0.1, -0.05) is 43.0 Å². The number of anilines is 1. The molecule has 0 radical (unpaired) electrons. The van der Waals surface area contributed by atoms with Crippen LogP contribution >= 0.6 is 0 Å². The minimum Gasteiger partial charge on any atom is -0.383 e. The molecule has 0 bridgehead atoms. The lowest BCUT2D eigenvalue weighted by atomic mass is 10.00. The highest BCUT2D eigenvalue weighted by Gasteiger charge is 2.28. The lowest BCUT2D eigenvalue weighted by molar-refractivity contribution is -0.127. The number of nitrogens with zero attached hydrogens (tertiary/aromatic N) is 6. The van der Waals surface area contributed by atoms with Gasteiger partial charge in [-0.05, 0) is 43.0 Å². The number of aryl methyl sites for hydroxylation is 1. The summed E-state index contributed by atoms with van der Waals surface area (Å²) in [6.45, 7) is 4.83. The molecule has 2 N–H and O–H groups in total. The van der Waals surface area contributed by atoms with E-state index in [1.165, 1.54) is 12.4 Å². The number of benzene rings is 2. The number of aromatic nitrogens is 4. The Morgan fingerprint density at radius 1 is 1.18 bits per heavy atom. The van der Waals surface area contributed by atoms with Crippen molar-refractivity contribution in [3.63, 3.8) is 0 Å². The highest BCUT2D eigenvalue weighted by molar-refractivity contribution is 5.98. The molecule has 2 aromatic carbocycles. The number of amides is 1. The second-order valence-electron chi connectivity index (χ2n) is 9.35. The maximum absolute atomic E-state index is 12.6. The van der Waals surface area contributed by atoms with E-state index in [0.29, 0.717) is 59.6 Å². The van der Waals surface area contributed by atoms with Crippen molar-refractivity contribution in [3.8, 4) is 17.3 Å². The van der Waals surface area contributed by atoms with Crippen molar-refractivity contribution >= 4 is 28.5 Å². The number of Topliss-reactive ketones (excluding diaryl/α,β-unsaturated/α-hetero) is 1. The van der Waals surface area contributed by atoms with Crippen LogP contribution in [0.1, 0.15) is 46.8 Å². The monoisotopic (exact) mass is 505 g/mol. The number of nitrogen functional groups attached to an aromatic ring is 1. The van der Waals surface area contributed by atoms with Crippen molar-refractivity contribution in [2.75, 3.05) is 18.8 Å². The Bertz CT molecular complexity index is 1570. The maximum Gasteiger partial charge on any atom is 0.246 e. The quantitative estimate of drug-likeness (QED) is 0.295. The maximum atomic E-state index is 12.6. The van der Waals surface area contributed by atoms with E-state index in [0.717, 1.165) is 24.0 Å². The number of nitrogens with two attached hydrogens (primary N) is 1. The lowest BCUT2D eigenvalue weighted by Gasteiger charge is -2.32. The molecule has 1 aliphatic rings. The van der Waals surface area contributed by atoms with E-state index in [4.69, 9.17) is 16.1 Å². The van der Waals surface area contributed by atoms with Crippen LogP contribution in [0.3, 0.4) is 0 Å². The zero-order valence-corrected chi connectivity index (χ0v) is 20.9. The Hall–Kier alpha value is -4.84.